The highest BCUT2D eigenvalue weighted by Crippen LogP contribution is 2.34. The average molecular weight is 302 g/mol. The van der Waals surface area contributed by atoms with Gasteiger partial charge in [0.05, 0.1) is 10.0 Å². The lowest BCUT2D eigenvalue weighted by Gasteiger charge is -2.34. The van der Waals surface area contributed by atoms with E-state index in [0.29, 0.717) is 29.4 Å². The van der Waals surface area contributed by atoms with Crippen molar-refractivity contribution in [3.8, 4) is 0 Å². The average Bonchev–Trinajstić information content (AvgIpc) is 2.78. The van der Waals surface area contributed by atoms with Crippen LogP contribution in [0.15, 0.2) is 18.2 Å². The fourth-order valence-electron chi connectivity index (χ4n) is 2.82. The number of carbonyl (C=O) groups is 1. The summed E-state index contributed by atoms with van der Waals surface area (Å²) in [6.45, 7) is 3.33. The van der Waals surface area contributed by atoms with Crippen molar-refractivity contribution in [3.05, 3.63) is 33.8 Å². The van der Waals surface area contributed by atoms with E-state index in [-0.39, 0.29) is 0 Å². The maximum atomic E-state index is 11.6. The number of nitrogens with zero attached hydrogens (tertiary/aromatic N) is 1. The first-order chi connectivity index (χ1) is 8.99. The molecule has 1 saturated heterocycles. The Kier molecular flexibility index (Phi) is 4.39. The van der Waals surface area contributed by atoms with Crippen molar-refractivity contribution >= 4 is 29.2 Å². The molecule has 1 aromatic carbocycles. The maximum Gasteiger partial charge on any atom is 0.324 e. The second-order valence-electron chi connectivity index (χ2n) is 4.96. The molecular formula is C14H17Cl2NO2. The molecule has 104 valence electrons. The Balaban J connectivity index is 2.21. The minimum Gasteiger partial charge on any atom is -0.480 e. The van der Waals surface area contributed by atoms with Gasteiger partial charge in [-0.3, -0.25) is 9.69 Å². The molecule has 0 aliphatic carbocycles. The number of halogens is 2. The fourth-order valence-corrected chi connectivity index (χ4v) is 3.14. The van der Waals surface area contributed by atoms with Crippen molar-refractivity contribution in [2.24, 2.45) is 0 Å². The largest absolute Gasteiger partial charge is 0.480 e. The zero-order valence-corrected chi connectivity index (χ0v) is 12.3. The highest BCUT2D eigenvalue weighted by Gasteiger charge is 2.45. The molecule has 1 unspecified atom stereocenters. The van der Waals surface area contributed by atoms with Crippen LogP contribution in [-0.4, -0.2) is 28.1 Å². The first-order valence-corrected chi connectivity index (χ1v) is 7.17. The van der Waals surface area contributed by atoms with Crippen LogP contribution in [0.25, 0.3) is 0 Å². The van der Waals surface area contributed by atoms with E-state index >= 15 is 0 Å². The van der Waals surface area contributed by atoms with Crippen LogP contribution in [-0.2, 0) is 11.3 Å². The molecule has 1 aliphatic heterocycles. The second-order valence-corrected chi connectivity index (χ2v) is 5.78. The van der Waals surface area contributed by atoms with E-state index in [0.717, 1.165) is 18.5 Å². The highest BCUT2D eigenvalue weighted by molar-refractivity contribution is 6.42. The number of carboxylic acids is 1. The minimum atomic E-state index is -0.730. The number of likely N-dealkylation sites (tertiary alicyclic amines) is 1. The first-order valence-electron chi connectivity index (χ1n) is 6.42. The quantitative estimate of drug-likeness (QED) is 0.919. The van der Waals surface area contributed by atoms with Gasteiger partial charge in [-0.05, 0) is 43.5 Å². The Labute approximate surface area is 123 Å². The second kappa shape index (κ2) is 5.70. The number of benzene rings is 1. The van der Waals surface area contributed by atoms with Gasteiger partial charge < -0.3 is 5.11 Å². The van der Waals surface area contributed by atoms with E-state index in [2.05, 4.69) is 0 Å². The van der Waals surface area contributed by atoms with Gasteiger partial charge in [-0.15, -0.1) is 0 Å². The molecule has 0 radical (unpaired) electrons. The summed E-state index contributed by atoms with van der Waals surface area (Å²) in [5.41, 5.74) is 0.266. The van der Waals surface area contributed by atoms with Crippen molar-refractivity contribution in [1.29, 1.82) is 0 Å². The standard InChI is InChI=1S/C14H17Cl2NO2/c1-2-14(13(18)19)6-3-7-17(14)9-10-4-5-11(15)12(16)8-10/h4-5,8H,2-3,6-7,9H2,1H3,(H,18,19). The van der Waals surface area contributed by atoms with Gasteiger partial charge in [-0.25, -0.2) is 0 Å². The Hall–Kier alpha value is -0.770. The molecule has 1 N–H and O–H groups in total. The molecule has 0 amide bonds. The van der Waals surface area contributed by atoms with Crippen LogP contribution in [0.1, 0.15) is 31.7 Å². The van der Waals surface area contributed by atoms with Gasteiger partial charge in [0.2, 0.25) is 0 Å². The van der Waals surface area contributed by atoms with Gasteiger partial charge in [-0.2, -0.15) is 0 Å². The summed E-state index contributed by atoms with van der Waals surface area (Å²) in [6, 6.07) is 5.46. The molecule has 5 heteroatoms. The third kappa shape index (κ3) is 2.73. The van der Waals surface area contributed by atoms with Crippen LogP contribution >= 0.6 is 23.2 Å². The molecule has 0 bridgehead atoms. The Morgan fingerprint density at radius 2 is 2.16 bits per heavy atom. The number of rotatable bonds is 4. The van der Waals surface area contributed by atoms with Crippen molar-refractivity contribution in [3.63, 3.8) is 0 Å². The zero-order chi connectivity index (χ0) is 14.0. The number of carboxylic acid groups (broad SMARTS) is 1. The summed E-state index contributed by atoms with van der Waals surface area (Å²) < 4.78 is 0. The topological polar surface area (TPSA) is 40.5 Å². The lowest BCUT2D eigenvalue weighted by molar-refractivity contribution is -0.150. The van der Waals surface area contributed by atoms with E-state index in [1.807, 2.05) is 24.0 Å². The molecule has 0 spiro atoms. The van der Waals surface area contributed by atoms with Crippen molar-refractivity contribution in [1.82, 2.24) is 4.90 Å². The van der Waals surface area contributed by atoms with Gasteiger partial charge in [0.15, 0.2) is 0 Å². The van der Waals surface area contributed by atoms with Crippen molar-refractivity contribution < 1.29 is 9.90 Å². The van der Waals surface area contributed by atoms with Crippen molar-refractivity contribution in [2.75, 3.05) is 6.54 Å². The molecule has 1 aliphatic rings. The Bertz CT molecular complexity index is 492. The summed E-state index contributed by atoms with van der Waals surface area (Å²) in [5, 5.41) is 10.6. The number of hydrogen-bond donors (Lipinski definition) is 1. The zero-order valence-electron chi connectivity index (χ0n) is 10.8. The molecule has 3 nitrogen and oxygen atoms in total. The van der Waals surface area contributed by atoms with Gasteiger partial charge >= 0.3 is 5.97 Å². The van der Waals surface area contributed by atoms with Gasteiger partial charge in [0.25, 0.3) is 0 Å². The summed E-state index contributed by atoms with van der Waals surface area (Å²) >= 11 is 11.9. The van der Waals surface area contributed by atoms with Gasteiger partial charge in [0.1, 0.15) is 5.54 Å². The number of aliphatic carboxylic acids is 1. The molecule has 19 heavy (non-hydrogen) atoms. The molecule has 2 rings (SSSR count). The van der Waals surface area contributed by atoms with Crippen molar-refractivity contribution in [2.45, 2.75) is 38.3 Å². The predicted octanol–water partition coefficient (Wildman–Crippen LogP) is 3.82. The minimum absolute atomic E-state index is 0.510. The third-order valence-corrected chi connectivity index (χ3v) is 4.70. The van der Waals surface area contributed by atoms with Crippen LogP contribution in [0.5, 0.6) is 0 Å². The van der Waals surface area contributed by atoms with Crippen LogP contribution in [0, 0.1) is 0 Å². The Morgan fingerprint density at radius 3 is 2.74 bits per heavy atom. The SMILES string of the molecule is CCC1(C(=O)O)CCCN1Cc1ccc(Cl)c(Cl)c1. The third-order valence-electron chi connectivity index (χ3n) is 3.96. The molecule has 1 heterocycles. The van der Waals surface area contributed by atoms with Crippen LogP contribution in [0.3, 0.4) is 0 Å². The summed E-state index contributed by atoms with van der Waals surface area (Å²) in [4.78, 5) is 13.6. The van der Waals surface area contributed by atoms with Crippen LogP contribution in [0.2, 0.25) is 10.0 Å². The monoisotopic (exact) mass is 301 g/mol. The summed E-state index contributed by atoms with van der Waals surface area (Å²) in [6.07, 6.45) is 2.24. The van der Waals surface area contributed by atoms with Crippen LogP contribution < -0.4 is 0 Å². The lowest BCUT2D eigenvalue weighted by Crippen LogP contribution is -2.49. The van der Waals surface area contributed by atoms with E-state index in [4.69, 9.17) is 23.2 Å². The van der Waals surface area contributed by atoms with Gasteiger partial charge in [-0.1, -0.05) is 36.2 Å². The smallest absolute Gasteiger partial charge is 0.324 e. The molecule has 1 fully saturated rings. The molecule has 0 aromatic heterocycles. The summed E-state index contributed by atoms with van der Waals surface area (Å²) in [5.74, 6) is -0.729. The fraction of sp³-hybridized carbons (Fsp3) is 0.500. The van der Waals surface area contributed by atoms with E-state index in [1.165, 1.54) is 0 Å². The first kappa shape index (κ1) is 14.6. The van der Waals surface area contributed by atoms with E-state index in [1.54, 1.807) is 6.07 Å². The van der Waals surface area contributed by atoms with Crippen LogP contribution in [0.4, 0.5) is 0 Å². The predicted molar refractivity (Wildman–Crippen MR) is 76.8 cm³/mol. The number of hydrogen-bond acceptors (Lipinski definition) is 2. The Morgan fingerprint density at radius 1 is 1.42 bits per heavy atom. The maximum absolute atomic E-state index is 11.6. The molecular weight excluding hydrogens is 285 g/mol. The van der Waals surface area contributed by atoms with E-state index in [9.17, 15) is 9.90 Å². The molecule has 1 aromatic rings. The normalized spacial score (nSPS) is 23.7. The lowest BCUT2D eigenvalue weighted by atomic mass is 9.92. The molecule has 0 saturated carbocycles. The van der Waals surface area contributed by atoms with E-state index < -0.39 is 11.5 Å². The highest BCUT2D eigenvalue weighted by atomic mass is 35.5. The molecule has 1 atom stereocenters. The summed E-state index contributed by atoms with van der Waals surface area (Å²) in [7, 11) is 0. The van der Waals surface area contributed by atoms with Gasteiger partial charge in [0, 0.05) is 6.54 Å².